The molecular weight excluding hydrogens is 368 g/mol. The van der Waals surface area contributed by atoms with Gasteiger partial charge in [0.15, 0.2) is 20.6 Å². The van der Waals surface area contributed by atoms with Crippen LogP contribution in [-0.4, -0.2) is 41.5 Å². The Labute approximate surface area is 109 Å². The molecule has 0 aromatic carbocycles. The van der Waals surface area contributed by atoms with E-state index in [1.165, 1.54) is 0 Å². The van der Waals surface area contributed by atoms with Crippen LogP contribution < -0.4 is 0 Å². The number of halogens is 2. The van der Waals surface area contributed by atoms with Crippen LogP contribution in [0.1, 0.15) is 21.0 Å². The maximum Gasteiger partial charge on any atom is 0.246 e. The summed E-state index contributed by atoms with van der Waals surface area (Å²) in [4.78, 5) is 23.0. The summed E-state index contributed by atoms with van der Waals surface area (Å²) < 4.78 is 3.25. The molecule has 0 atom stereocenters. The molecule has 0 saturated heterocycles. The number of ketones is 2. The topological polar surface area (TPSA) is 138 Å². The molecule has 0 aliphatic rings. The number of nitrogens with zero attached hydrogens (tertiary/aromatic N) is 4. The van der Waals surface area contributed by atoms with E-state index in [1.54, 1.807) is 0 Å². The van der Waals surface area contributed by atoms with Gasteiger partial charge in [0.25, 0.3) is 0 Å². The molecule has 0 fully saturated rings. The predicted octanol–water partition coefficient (Wildman–Crippen LogP) is 0.800. The fraction of sp³-hybridized carbons (Fsp3) is 0. The lowest BCUT2D eigenvalue weighted by molar-refractivity contribution is 0.103. The lowest BCUT2D eigenvalue weighted by atomic mass is 10.2. The smallest absolute Gasteiger partial charge is 0.246 e. The van der Waals surface area contributed by atoms with E-state index in [0.717, 1.165) is 0 Å². The van der Waals surface area contributed by atoms with Gasteiger partial charge in [0.2, 0.25) is 11.6 Å². The number of Topliss-reactive ketones (excluding diaryl/α,β-unsaturated/α-hetero) is 2. The van der Waals surface area contributed by atoms with Gasteiger partial charge in [-0.05, 0) is 42.2 Å². The maximum atomic E-state index is 11.5. The standard InChI is InChI=1S/C6H2Br2N4O5/c7-5(9-15)3(13)1-2(12-17-11-1)4(14)6(8)10-16/h15-16H. The monoisotopic (exact) mass is 368 g/mol. The van der Waals surface area contributed by atoms with Gasteiger partial charge >= 0.3 is 0 Å². The van der Waals surface area contributed by atoms with Gasteiger partial charge in [-0.25, -0.2) is 4.63 Å². The highest BCUT2D eigenvalue weighted by Gasteiger charge is 2.28. The third-order valence-corrected chi connectivity index (χ3v) is 2.51. The fourth-order valence-corrected chi connectivity index (χ4v) is 1.15. The first-order valence-corrected chi connectivity index (χ1v) is 5.28. The van der Waals surface area contributed by atoms with Gasteiger partial charge in [0, 0.05) is 0 Å². The summed E-state index contributed by atoms with van der Waals surface area (Å²) in [5.74, 6) is -1.84. The molecule has 11 heteroatoms. The van der Waals surface area contributed by atoms with Crippen molar-refractivity contribution in [3.05, 3.63) is 11.4 Å². The zero-order chi connectivity index (χ0) is 13.0. The summed E-state index contributed by atoms with van der Waals surface area (Å²) in [6.07, 6.45) is 0. The van der Waals surface area contributed by atoms with Crippen molar-refractivity contribution in [3.63, 3.8) is 0 Å². The lowest BCUT2D eigenvalue weighted by Crippen LogP contribution is -2.17. The summed E-state index contributed by atoms with van der Waals surface area (Å²) in [6, 6.07) is 0. The largest absolute Gasteiger partial charge is 0.410 e. The second-order valence-electron chi connectivity index (χ2n) is 2.40. The highest BCUT2D eigenvalue weighted by atomic mass is 79.9. The fourth-order valence-electron chi connectivity index (χ4n) is 0.773. The van der Waals surface area contributed by atoms with Crippen LogP contribution in [0.2, 0.25) is 0 Å². The minimum Gasteiger partial charge on any atom is -0.410 e. The minimum absolute atomic E-state index is 0.486. The Morgan fingerprint density at radius 1 is 1.00 bits per heavy atom. The van der Waals surface area contributed by atoms with Crippen molar-refractivity contribution >= 4 is 52.7 Å². The summed E-state index contributed by atoms with van der Waals surface area (Å²) in [5, 5.41) is 28.3. The van der Waals surface area contributed by atoms with Gasteiger partial charge in [0.05, 0.1) is 0 Å². The van der Waals surface area contributed by atoms with Crippen LogP contribution in [0.3, 0.4) is 0 Å². The molecule has 2 N–H and O–H groups in total. The molecule has 1 heterocycles. The van der Waals surface area contributed by atoms with Crippen LogP contribution in [0.4, 0.5) is 0 Å². The van der Waals surface area contributed by atoms with Crippen molar-refractivity contribution in [1.82, 2.24) is 10.3 Å². The normalized spacial score (nSPS) is 12.6. The zero-order valence-electron chi connectivity index (χ0n) is 7.66. The summed E-state index contributed by atoms with van der Waals surface area (Å²) in [7, 11) is 0. The molecule has 0 saturated carbocycles. The third kappa shape index (κ3) is 2.74. The quantitative estimate of drug-likeness (QED) is 0.346. The molecule has 1 aromatic heterocycles. The van der Waals surface area contributed by atoms with E-state index in [0.29, 0.717) is 0 Å². The van der Waals surface area contributed by atoms with Crippen molar-refractivity contribution in [1.29, 1.82) is 0 Å². The van der Waals surface area contributed by atoms with E-state index in [2.05, 4.69) is 57.1 Å². The average molecular weight is 370 g/mol. The number of carbonyl (C=O) groups is 2. The third-order valence-electron chi connectivity index (χ3n) is 1.47. The molecule has 0 aliphatic heterocycles. The summed E-state index contributed by atoms with van der Waals surface area (Å²) in [5.41, 5.74) is -0.972. The Balaban J connectivity index is 3.19. The van der Waals surface area contributed by atoms with E-state index in [1.807, 2.05) is 0 Å². The highest BCUT2D eigenvalue weighted by Crippen LogP contribution is 2.11. The molecule has 90 valence electrons. The van der Waals surface area contributed by atoms with E-state index >= 15 is 0 Å². The Hall–Kier alpha value is -1.62. The molecular formula is C6H2Br2N4O5. The molecule has 17 heavy (non-hydrogen) atoms. The van der Waals surface area contributed by atoms with Crippen molar-refractivity contribution in [2.45, 2.75) is 0 Å². The van der Waals surface area contributed by atoms with Crippen LogP contribution >= 0.6 is 31.9 Å². The summed E-state index contributed by atoms with van der Waals surface area (Å²) >= 11 is 5.28. The molecule has 0 aliphatic carbocycles. The van der Waals surface area contributed by atoms with Gasteiger partial charge in [-0.1, -0.05) is 10.3 Å². The molecule has 1 rings (SSSR count). The summed E-state index contributed by atoms with van der Waals surface area (Å²) in [6.45, 7) is 0. The first-order valence-electron chi connectivity index (χ1n) is 3.70. The van der Waals surface area contributed by atoms with Crippen LogP contribution in [0.5, 0.6) is 0 Å². The number of hydrogen-bond donors (Lipinski definition) is 2. The number of carbonyl (C=O) groups excluding carboxylic acids is 2. The zero-order valence-corrected chi connectivity index (χ0v) is 10.8. The molecule has 0 unspecified atom stereocenters. The first kappa shape index (κ1) is 13.4. The molecule has 0 amide bonds. The Bertz CT molecular complexity index is 478. The van der Waals surface area contributed by atoms with Crippen LogP contribution in [0.25, 0.3) is 0 Å². The van der Waals surface area contributed by atoms with Gasteiger partial charge in [-0.15, -0.1) is 0 Å². The van der Waals surface area contributed by atoms with Crippen molar-refractivity contribution in [3.8, 4) is 0 Å². The molecule has 1 aromatic rings. The van der Waals surface area contributed by atoms with Gasteiger partial charge in [-0.2, -0.15) is 0 Å². The predicted molar refractivity (Wildman–Crippen MR) is 59.3 cm³/mol. The number of hydrogen-bond acceptors (Lipinski definition) is 9. The molecule has 0 spiro atoms. The lowest BCUT2D eigenvalue weighted by Gasteiger charge is -1.94. The highest BCUT2D eigenvalue weighted by molar-refractivity contribution is 9.19. The first-order chi connectivity index (χ1) is 8.02. The second-order valence-corrected chi connectivity index (χ2v) is 3.90. The van der Waals surface area contributed by atoms with Gasteiger partial charge in [-0.3, -0.25) is 9.59 Å². The van der Waals surface area contributed by atoms with Crippen molar-refractivity contribution in [2.24, 2.45) is 10.3 Å². The van der Waals surface area contributed by atoms with E-state index in [9.17, 15) is 9.59 Å². The van der Waals surface area contributed by atoms with Gasteiger partial charge < -0.3 is 10.4 Å². The van der Waals surface area contributed by atoms with E-state index in [4.69, 9.17) is 10.4 Å². The molecule has 9 nitrogen and oxygen atoms in total. The van der Waals surface area contributed by atoms with Crippen LogP contribution in [-0.2, 0) is 0 Å². The van der Waals surface area contributed by atoms with Crippen molar-refractivity contribution in [2.75, 3.05) is 0 Å². The number of oxime groups is 2. The Kier molecular flexibility index (Phi) is 4.45. The van der Waals surface area contributed by atoms with E-state index in [-0.39, 0.29) is 0 Å². The second kappa shape index (κ2) is 5.63. The average Bonchev–Trinajstić information content (AvgIpc) is 2.83. The number of aromatic nitrogens is 2. The molecule has 0 bridgehead atoms. The molecule has 0 radical (unpaired) electrons. The minimum atomic E-state index is -0.921. The SMILES string of the molecule is O=C(C(Br)=NO)c1nonc1C(=O)C(Br)=NO. The van der Waals surface area contributed by atoms with E-state index < -0.39 is 32.2 Å². The van der Waals surface area contributed by atoms with Crippen molar-refractivity contribution < 1.29 is 24.6 Å². The van der Waals surface area contributed by atoms with Crippen LogP contribution in [0.15, 0.2) is 14.9 Å². The Morgan fingerprint density at radius 2 is 1.35 bits per heavy atom. The maximum absolute atomic E-state index is 11.5. The van der Waals surface area contributed by atoms with Gasteiger partial charge in [0.1, 0.15) is 0 Å². The number of rotatable bonds is 4. The Morgan fingerprint density at radius 3 is 1.65 bits per heavy atom. The van der Waals surface area contributed by atoms with Crippen LogP contribution in [0, 0.1) is 0 Å².